The summed E-state index contributed by atoms with van der Waals surface area (Å²) in [6, 6.07) is 7.65. The summed E-state index contributed by atoms with van der Waals surface area (Å²) in [5.74, 6) is -0.0751. The molecule has 20 heavy (non-hydrogen) atoms. The van der Waals surface area contributed by atoms with Gasteiger partial charge in [-0.2, -0.15) is 5.10 Å². The Balaban J connectivity index is 2.18. The Morgan fingerprint density at radius 3 is 2.55 bits per heavy atom. The predicted octanol–water partition coefficient (Wildman–Crippen LogP) is 2.67. The maximum Gasteiger partial charge on any atom is 0.221 e. The Morgan fingerprint density at radius 2 is 2.05 bits per heavy atom. The second-order valence-electron chi connectivity index (χ2n) is 4.45. The highest BCUT2D eigenvalue weighted by Crippen LogP contribution is 2.34. The average molecular weight is 290 g/mol. The summed E-state index contributed by atoms with van der Waals surface area (Å²) in [7, 11) is 1.89. The molecule has 2 aromatic rings. The Hall–Kier alpha value is -1.95. The van der Waals surface area contributed by atoms with Crippen molar-refractivity contribution < 1.29 is 4.79 Å². The number of nitrogens with two attached hydrogens (primary N) is 1. The van der Waals surface area contributed by atoms with Crippen LogP contribution in [0.2, 0.25) is 0 Å². The van der Waals surface area contributed by atoms with Crippen LogP contribution in [0.25, 0.3) is 0 Å². The maximum absolute atomic E-state index is 11.0. The lowest BCUT2D eigenvalue weighted by atomic mass is 10.3. The number of amides is 1. The van der Waals surface area contributed by atoms with Crippen molar-refractivity contribution in [3.63, 3.8) is 0 Å². The second-order valence-corrected chi connectivity index (χ2v) is 5.51. The minimum absolute atomic E-state index is 0.0751. The summed E-state index contributed by atoms with van der Waals surface area (Å²) in [4.78, 5) is 12.0. The molecule has 0 saturated heterocycles. The van der Waals surface area contributed by atoms with Crippen molar-refractivity contribution in [2.24, 2.45) is 7.05 Å². The lowest BCUT2D eigenvalue weighted by Gasteiger charge is -2.05. The monoisotopic (exact) mass is 290 g/mol. The molecule has 0 radical (unpaired) electrons. The summed E-state index contributed by atoms with van der Waals surface area (Å²) < 4.78 is 1.81. The van der Waals surface area contributed by atoms with Crippen LogP contribution in [0.1, 0.15) is 19.5 Å². The molecule has 106 valence electrons. The first kappa shape index (κ1) is 14.5. The van der Waals surface area contributed by atoms with Gasteiger partial charge in [0, 0.05) is 24.6 Å². The quantitative estimate of drug-likeness (QED) is 0.908. The molecule has 0 unspecified atom stereocenters. The number of nitrogens with zero attached hydrogens (tertiary/aromatic N) is 2. The van der Waals surface area contributed by atoms with Gasteiger partial charge in [-0.15, -0.1) is 0 Å². The van der Waals surface area contributed by atoms with Crippen molar-refractivity contribution in [1.29, 1.82) is 0 Å². The predicted molar refractivity (Wildman–Crippen MR) is 81.9 cm³/mol. The molecule has 0 spiro atoms. The number of nitrogen functional groups attached to an aromatic ring is 1. The summed E-state index contributed by atoms with van der Waals surface area (Å²) in [6.45, 7) is 3.53. The van der Waals surface area contributed by atoms with Gasteiger partial charge in [0.15, 0.2) is 0 Å². The molecular weight excluding hydrogens is 272 g/mol. The van der Waals surface area contributed by atoms with Crippen molar-refractivity contribution in [3.8, 4) is 0 Å². The fourth-order valence-corrected chi connectivity index (χ4v) is 2.78. The zero-order valence-corrected chi connectivity index (χ0v) is 12.6. The fraction of sp³-hybridized carbons (Fsp3) is 0.286. The van der Waals surface area contributed by atoms with Crippen molar-refractivity contribution in [2.45, 2.75) is 30.2 Å². The molecule has 6 heteroatoms. The first-order chi connectivity index (χ1) is 9.51. The van der Waals surface area contributed by atoms with Gasteiger partial charge in [0.2, 0.25) is 5.91 Å². The SMILES string of the molecule is CCc1nn(C)c(Sc2ccc(NC(C)=O)cc2)c1N. The molecule has 0 aliphatic rings. The standard InChI is InChI=1S/C14H18N4OS/c1-4-12-13(15)14(18(3)17-12)20-11-7-5-10(6-8-11)16-9(2)19/h5-8H,4,15H2,1-3H3,(H,16,19). The number of benzene rings is 1. The molecule has 1 heterocycles. The van der Waals surface area contributed by atoms with E-state index in [1.54, 1.807) is 16.4 Å². The molecule has 2 rings (SSSR count). The average Bonchev–Trinajstić information content (AvgIpc) is 2.67. The van der Waals surface area contributed by atoms with Gasteiger partial charge < -0.3 is 11.1 Å². The molecule has 5 nitrogen and oxygen atoms in total. The van der Waals surface area contributed by atoms with Crippen LogP contribution in [0.15, 0.2) is 34.2 Å². The van der Waals surface area contributed by atoms with Crippen molar-refractivity contribution in [1.82, 2.24) is 9.78 Å². The van der Waals surface area contributed by atoms with Gasteiger partial charge >= 0.3 is 0 Å². The number of anilines is 2. The smallest absolute Gasteiger partial charge is 0.221 e. The van der Waals surface area contributed by atoms with Gasteiger partial charge in [0.05, 0.1) is 11.4 Å². The Bertz CT molecular complexity index is 619. The molecule has 0 bridgehead atoms. The van der Waals surface area contributed by atoms with Gasteiger partial charge in [0.25, 0.3) is 0 Å². The van der Waals surface area contributed by atoms with Crippen LogP contribution in [-0.2, 0) is 18.3 Å². The number of hydrogen-bond donors (Lipinski definition) is 2. The molecule has 0 saturated carbocycles. The molecule has 0 atom stereocenters. The number of aromatic nitrogens is 2. The molecule has 0 fully saturated rings. The van der Waals surface area contributed by atoms with E-state index in [4.69, 9.17) is 5.73 Å². The minimum Gasteiger partial charge on any atom is -0.395 e. The van der Waals surface area contributed by atoms with Gasteiger partial charge in [-0.25, -0.2) is 0 Å². The third kappa shape index (κ3) is 3.14. The van der Waals surface area contributed by atoms with Crippen LogP contribution in [0.4, 0.5) is 11.4 Å². The summed E-state index contributed by atoms with van der Waals surface area (Å²) in [5.41, 5.74) is 8.55. The van der Waals surface area contributed by atoms with E-state index in [1.165, 1.54) is 6.92 Å². The van der Waals surface area contributed by atoms with E-state index < -0.39 is 0 Å². The molecular formula is C14H18N4OS. The zero-order chi connectivity index (χ0) is 14.7. The van der Waals surface area contributed by atoms with Crippen LogP contribution in [0, 0.1) is 0 Å². The lowest BCUT2D eigenvalue weighted by Crippen LogP contribution is -2.05. The second kappa shape index (κ2) is 6.00. The van der Waals surface area contributed by atoms with Crippen LogP contribution in [-0.4, -0.2) is 15.7 Å². The van der Waals surface area contributed by atoms with E-state index in [1.807, 2.05) is 38.2 Å². The van der Waals surface area contributed by atoms with Gasteiger partial charge in [-0.3, -0.25) is 9.48 Å². The topological polar surface area (TPSA) is 72.9 Å². The fourth-order valence-electron chi connectivity index (χ4n) is 1.88. The highest BCUT2D eigenvalue weighted by Gasteiger charge is 2.13. The first-order valence-electron chi connectivity index (χ1n) is 6.38. The summed E-state index contributed by atoms with van der Waals surface area (Å²) in [6.07, 6.45) is 0.821. The Labute approximate surface area is 122 Å². The highest BCUT2D eigenvalue weighted by atomic mass is 32.2. The number of rotatable bonds is 4. The van der Waals surface area contributed by atoms with Gasteiger partial charge in [-0.05, 0) is 30.7 Å². The summed E-state index contributed by atoms with van der Waals surface area (Å²) >= 11 is 1.57. The Kier molecular flexibility index (Phi) is 4.34. The number of carbonyl (C=O) groups excluding carboxylic acids is 1. The number of aryl methyl sites for hydroxylation is 2. The van der Waals surface area contributed by atoms with Crippen molar-refractivity contribution in [3.05, 3.63) is 30.0 Å². The number of carbonyl (C=O) groups is 1. The van der Waals surface area contributed by atoms with Crippen molar-refractivity contribution in [2.75, 3.05) is 11.1 Å². The van der Waals surface area contributed by atoms with Crippen LogP contribution >= 0.6 is 11.8 Å². The van der Waals surface area contributed by atoms with Gasteiger partial charge in [-0.1, -0.05) is 18.7 Å². The number of hydrogen-bond acceptors (Lipinski definition) is 4. The molecule has 3 N–H and O–H groups in total. The zero-order valence-electron chi connectivity index (χ0n) is 11.8. The maximum atomic E-state index is 11.0. The highest BCUT2D eigenvalue weighted by molar-refractivity contribution is 7.99. The van der Waals surface area contributed by atoms with E-state index in [-0.39, 0.29) is 5.91 Å². The van der Waals surface area contributed by atoms with Crippen LogP contribution in [0.3, 0.4) is 0 Å². The third-order valence-corrected chi connectivity index (χ3v) is 4.02. The Morgan fingerprint density at radius 1 is 1.40 bits per heavy atom. The van der Waals surface area contributed by atoms with Crippen molar-refractivity contribution >= 4 is 29.0 Å². The van der Waals surface area contributed by atoms with E-state index in [9.17, 15) is 4.79 Å². The van der Waals surface area contributed by atoms with E-state index in [0.29, 0.717) is 0 Å². The van der Waals surface area contributed by atoms with E-state index in [2.05, 4.69) is 10.4 Å². The van der Waals surface area contributed by atoms with E-state index in [0.717, 1.165) is 33.4 Å². The molecule has 0 aliphatic carbocycles. The normalized spacial score (nSPS) is 10.6. The van der Waals surface area contributed by atoms with Gasteiger partial charge in [0.1, 0.15) is 5.03 Å². The largest absolute Gasteiger partial charge is 0.395 e. The van der Waals surface area contributed by atoms with E-state index >= 15 is 0 Å². The lowest BCUT2D eigenvalue weighted by molar-refractivity contribution is -0.114. The molecule has 1 aromatic carbocycles. The molecule has 1 amide bonds. The first-order valence-corrected chi connectivity index (χ1v) is 7.19. The summed E-state index contributed by atoms with van der Waals surface area (Å²) in [5, 5.41) is 8.08. The molecule has 1 aromatic heterocycles. The molecule has 0 aliphatic heterocycles. The van der Waals surface area contributed by atoms with Crippen LogP contribution < -0.4 is 11.1 Å². The number of nitrogens with one attached hydrogen (secondary N) is 1. The third-order valence-electron chi connectivity index (χ3n) is 2.83. The minimum atomic E-state index is -0.0751. The van der Waals surface area contributed by atoms with Crippen LogP contribution in [0.5, 0.6) is 0 Å².